The number of carbonyl (C=O) groups excluding carboxylic acids is 1. The van der Waals surface area contributed by atoms with Crippen LogP contribution in [0.3, 0.4) is 0 Å². The number of rotatable bonds is 6. The largest absolute Gasteiger partial charge is 0.365 e. The molecular weight excluding hydrogens is 395 g/mol. The Bertz CT molecular complexity index is 900. The zero-order valence-corrected chi connectivity index (χ0v) is 17.3. The highest BCUT2D eigenvalue weighted by Gasteiger charge is 2.31. The lowest BCUT2D eigenvalue weighted by Gasteiger charge is -2.35. The molecular formula is C21H26F3N5O. The van der Waals surface area contributed by atoms with Crippen LogP contribution in [0.5, 0.6) is 0 Å². The molecule has 1 aliphatic rings. The molecule has 2 aromatic rings. The van der Waals surface area contributed by atoms with Crippen molar-refractivity contribution in [1.82, 2.24) is 15.3 Å². The maximum atomic E-state index is 14.9. The summed E-state index contributed by atoms with van der Waals surface area (Å²) in [4.78, 5) is 22.7. The van der Waals surface area contributed by atoms with E-state index in [0.717, 1.165) is 6.07 Å². The Morgan fingerprint density at radius 2 is 1.93 bits per heavy atom. The molecule has 0 bridgehead atoms. The first kappa shape index (κ1) is 21.9. The Hall–Kier alpha value is -2.84. The van der Waals surface area contributed by atoms with Gasteiger partial charge < -0.3 is 15.5 Å². The van der Waals surface area contributed by atoms with Crippen LogP contribution in [0, 0.1) is 17.6 Å². The van der Waals surface area contributed by atoms with Gasteiger partial charge >= 0.3 is 0 Å². The van der Waals surface area contributed by atoms with Gasteiger partial charge in [-0.2, -0.15) is 0 Å². The van der Waals surface area contributed by atoms with Gasteiger partial charge in [-0.25, -0.2) is 23.1 Å². The number of hydrogen-bond donors (Lipinski definition) is 2. The molecule has 2 heterocycles. The molecule has 1 amide bonds. The van der Waals surface area contributed by atoms with Crippen LogP contribution < -0.4 is 15.5 Å². The molecule has 1 aromatic heterocycles. The molecule has 0 saturated carbocycles. The third-order valence-corrected chi connectivity index (χ3v) is 5.15. The van der Waals surface area contributed by atoms with Crippen LogP contribution in [0.1, 0.15) is 48.9 Å². The lowest BCUT2D eigenvalue weighted by atomic mass is 9.88. The zero-order valence-electron chi connectivity index (χ0n) is 17.3. The number of piperidine rings is 1. The standard InChI is InChI=1S/C21H26F3N5O/c1-12(2)27-19-20(28-17(11-26-19)21(30)25-3)29-8-6-13(7-9-29)18(24)15-5-4-14(22)10-16(15)23/h4-5,10-13,18H,6-9H2,1-3H3,(H,25,30)(H,26,27). The first-order valence-corrected chi connectivity index (χ1v) is 9.99. The predicted molar refractivity (Wildman–Crippen MR) is 109 cm³/mol. The van der Waals surface area contributed by atoms with E-state index in [1.807, 2.05) is 18.7 Å². The van der Waals surface area contributed by atoms with Gasteiger partial charge in [-0.3, -0.25) is 4.79 Å². The van der Waals surface area contributed by atoms with Crippen molar-refractivity contribution in [2.24, 2.45) is 5.92 Å². The van der Waals surface area contributed by atoms with E-state index < -0.39 is 23.7 Å². The van der Waals surface area contributed by atoms with Crippen LogP contribution in [0.15, 0.2) is 24.4 Å². The molecule has 1 unspecified atom stereocenters. The summed E-state index contributed by atoms with van der Waals surface area (Å²) in [5, 5.41) is 5.75. The third kappa shape index (κ3) is 4.83. The molecule has 2 N–H and O–H groups in total. The van der Waals surface area contributed by atoms with Gasteiger partial charge in [0.15, 0.2) is 11.6 Å². The summed E-state index contributed by atoms with van der Waals surface area (Å²) in [7, 11) is 1.52. The Balaban J connectivity index is 1.77. The molecule has 0 spiro atoms. The van der Waals surface area contributed by atoms with Crippen LogP contribution in [-0.4, -0.2) is 42.1 Å². The first-order valence-electron chi connectivity index (χ1n) is 9.99. The lowest BCUT2D eigenvalue weighted by molar-refractivity contribution is 0.0958. The van der Waals surface area contributed by atoms with Crippen molar-refractivity contribution < 1.29 is 18.0 Å². The SMILES string of the molecule is CNC(=O)c1cnc(NC(C)C)c(N2CCC(C(F)c3ccc(F)cc3F)CC2)n1. The van der Waals surface area contributed by atoms with Gasteiger partial charge in [0.1, 0.15) is 23.5 Å². The van der Waals surface area contributed by atoms with Crippen LogP contribution in [0.2, 0.25) is 0 Å². The minimum Gasteiger partial charge on any atom is -0.365 e. The van der Waals surface area contributed by atoms with Crippen LogP contribution in [0.25, 0.3) is 0 Å². The zero-order chi connectivity index (χ0) is 21.8. The summed E-state index contributed by atoms with van der Waals surface area (Å²) in [5.41, 5.74) is 0.0825. The maximum Gasteiger partial charge on any atom is 0.271 e. The van der Waals surface area contributed by atoms with Crippen molar-refractivity contribution in [3.05, 3.63) is 47.3 Å². The molecule has 6 nitrogen and oxygen atoms in total. The summed E-state index contributed by atoms with van der Waals surface area (Å²) in [6.07, 6.45) is 0.828. The van der Waals surface area contributed by atoms with E-state index in [-0.39, 0.29) is 23.2 Å². The lowest BCUT2D eigenvalue weighted by Crippen LogP contribution is -2.37. The second-order valence-corrected chi connectivity index (χ2v) is 7.70. The van der Waals surface area contributed by atoms with Crippen molar-refractivity contribution >= 4 is 17.5 Å². The molecule has 30 heavy (non-hydrogen) atoms. The molecule has 1 fully saturated rings. The van der Waals surface area contributed by atoms with E-state index in [1.54, 1.807) is 0 Å². The predicted octanol–water partition coefficient (Wildman–Crippen LogP) is 3.86. The van der Waals surface area contributed by atoms with Crippen LogP contribution in [-0.2, 0) is 0 Å². The van der Waals surface area contributed by atoms with Gasteiger partial charge in [-0.05, 0) is 38.7 Å². The van der Waals surface area contributed by atoms with Crippen molar-refractivity contribution in [2.75, 3.05) is 30.4 Å². The van der Waals surface area contributed by atoms with E-state index in [4.69, 9.17) is 0 Å². The Labute approximate surface area is 173 Å². The van der Waals surface area contributed by atoms with Gasteiger partial charge in [0.2, 0.25) is 0 Å². The number of carbonyl (C=O) groups is 1. The Morgan fingerprint density at radius 3 is 2.53 bits per heavy atom. The highest BCUT2D eigenvalue weighted by molar-refractivity contribution is 5.92. The Morgan fingerprint density at radius 1 is 1.23 bits per heavy atom. The van der Waals surface area contributed by atoms with Crippen molar-refractivity contribution in [3.8, 4) is 0 Å². The molecule has 1 saturated heterocycles. The van der Waals surface area contributed by atoms with Gasteiger partial charge in [-0.15, -0.1) is 0 Å². The van der Waals surface area contributed by atoms with Gasteiger partial charge in [0.05, 0.1) is 6.20 Å². The number of halogens is 3. The number of nitrogens with one attached hydrogen (secondary N) is 2. The number of alkyl halides is 1. The van der Waals surface area contributed by atoms with Crippen molar-refractivity contribution in [3.63, 3.8) is 0 Å². The van der Waals surface area contributed by atoms with Gasteiger partial charge in [-0.1, -0.05) is 6.07 Å². The highest BCUT2D eigenvalue weighted by Crippen LogP contribution is 2.37. The van der Waals surface area contributed by atoms with E-state index in [0.29, 0.717) is 43.6 Å². The molecule has 9 heteroatoms. The first-order chi connectivity index (χ1) is 14.3. The average molecular weight is 421 g/mol. The van der Waals surface area contributed by atoms with Gasteiger partial charge in [0.25, 0.3) is 5.91 Å². The monoisotopic (exact) mass is 421 g/mol. The Kier molecular flexibility index (Phi) is 6.79. The molecule has 1 aromatic carbocycles. The number of nitrogens with zero attached hydrogens (tertiary/aromatic N) is 3. The summed E-state index contributed by atoms with van der Waals surface area (Å²) >= 11 is 0. The fourth-order valence-electron chi connectivity index (χ4n) is 3.60. The summed E-state index contributed by atoms with van der Waals surface area (Å²) in [6, 6.07) is 3.06. The van der Waals surface area contributed by atoms with E-state index in [2.05, 4.69) is 20.6 Å². The molecule has 1 aliphatic heterocycles. The number of amides is 1. The average Bonchev–Trinajstić information content (AvgIpc) is 2.73. The maximum absolute atomic E-state index is 14.9. The number of benzene rings is 1. The number of anilines is 2. The minimum atomic E-state index is -1.51. The third-order valence-electron chi connectivity index (χ3n) is 5.15. The van der Waals surface area contributed by atoms with Crippen molar-refractivity contribution in [1.29, 1.82) is 0 Å². The summed E-state index contributed by atoms with van der Waals surface area (Å²) in [5.74, 6) is -1.23. The topological polar surface area (TPSA) is 70.2 Å². The molecule has 162 valence electrons. The molecule has 0 radical (unpaired) electrons. The smallest absolute Gasteiger partial charge is 0.271 e. The van der Waals surface area contributed by atoms with Crippen LogP contribution >= 0.6 is 0 Å². The van der Waals surface area contributed by atoms with Gasteiger partial charge in [0, 0.05) is 37.8 Å². The highest BCUT2D eigenvalue weighted by atomic mass is 19.1. The second-order valence-electron chi connectivity index (χ2n) is 7.70. The normalized spacial score (nSPS) is 15.9. The van der Waals surface area contributed by atoms with E-state index >= 15 is 0 Å². The molecule has 3 rings (SSSR count). The molecule has 1 atom stereocenters. The van der Waals surface area contributed by atoms with Crippen molar-refractivity contribution in [2.45, 2.75) is 38.9 Å². The minimum absolute atomic E-state index is 0.109. The fourth-order valence-corrected chi connectivity index (χ4v) is 3.60. The van der Waals surface area contributed by atoms with E-state index in [9.17, 15) is 18.0 Å². The second kappa shape index (κ2) is 9.32. The summed E-state index contributed by atoms with van der Waals surface area (Å²) in [6.45, 7) is 4.89. The van der Waals surface area contributed by atoms with Crippen LogP contribution in [0.4, 0.5) is 24.8 Å². The fraction of sp³-hybridized carbons (Fsp3) is 0.476. The van der Waals surface area contributed by atoms with E-state index in [1.165, 1.54) is 19.3 Å². The summed E-state index contributed by atoms with van der Waals surface area (Å²) < 4.78 is 42.0. The number of aromatic nitrogens is 2. The quantitative estimate of drug-likeness (QED) is 0.741. The number of hydrogen-bond acceptors (Lipinski definition) is 5. The molecule has 0 aliphatic carbocycles.